The smallest absolute Gasteiger partial charge is 0.0900 e. The average Bonchev–Trinajstić information content (AvgIpc) is 2.76. The van der Waals surface area contributed by atoms with Crippen LogP contribution in [0.1, 0.15) is 117 Å². The summed E-state index contributed by atoms with van der Waals surface area (Å²) in [7, 11) is 1.92. The van der Waals surface area contributed by atoms with Gasteiger partial charge in [0.2, 0.25) is 0 Å². The maximum atomic E-state index is 10.1. The first-order valence-electron chi connectivity index (χ1n) is 13.8. The fourth-order valence-electron chi connectivity index (χ4n) is 4.01. The molecule has 2 N–H and O–H groups in total. The summed E-state index contributed by atoms with van der Waals surface area (Å²) in [5, 5.41) is 20.3. The highest BCUT2D eigenvalue weighted by molar-refractivity contribution is 4.65. The Hall–Kier alpha value is -0.200. The molecule has 0 aliphatic carbocycles. The molecule has 0 aromatic heterocycles. The Morgan fingerprint density at radius 2 is 0.844 bits per heavy atom. The van der Waals surface area contributed by atoms with Crippen LogP contribution in [0.25, 0.3) is 0 Å². The highest BCUT2D eigenvalue weighted by Gasteiger charge is 2.13. The number of hydrogen-bond acceptors (Lipinski definition) is 5. The van der Waals surface area contributed by atoms with Gasteiger partial charge in [-0.25, -0.2) is 0 Å². The number of aliphatic hydroxyl groups excluding tert-OH is 2. The molecule has 0 fully saturated rings. The van der Waals surface area contributed by atoms with Gasteiger partial charge in [0.25, 0.3) is 0 Å². The number of unbranched alkanes of at least 4 members (excludes halogenated alkanes) is 14. The molecular formula is C27H57NO4. The molecule has 32 heavy (non-hydrogen) atoms. The van der Waals surface area contributed by atoms with Crippen LogP contribution >= 0.6 is 0 Å². The van der Waals surface area contributed by atoms with Crippen LogP contribution in [0.3, 0.4) is 0 Å². The van der Waals surface area contributed by atoms with Crippen molar-refractivity contribution in [2.24, 2.45) is 0 Å². The van der Waals surface area contributed by atoms with Crippen molar-refractivity contribution in [1.29, 1.82) is 0 Å². The summed E-state index contributed by atoms with van der Waals surface area (Å²) in [5.41, 5.74) is 0. The highest BCUT2D eigenvalue weighted by Crippen LogP contribution is 2.09. The monoisotopic (exact) mass is 459 g/mol. The molecule has 0 aromatic carbocycles. The lowest BCUT2D eigenvalue weighted by molar-refractivity contribution is -0.00485. The van der Waals surface area contributed by atoms with Gasteiger partial charge in [0, 0.05) is 26.3 Å². The van der Waals surface area contributed by atoms with Crippen molar-refractivity contribution < 1.29 is 19.7 Å². The zero-order valence-electron chi connectivity index (χ0n) is 21.9. The van der Waals surface area contributed by atoms with E-state index in [-0.39, 0.29) is 0 Å². The quantitative estimate of drug-likeness (QED) is 0.156. The van der Waals surface area contributed by atoms with E-state index >= 15 is 0 Å². The average molecular weight is 460 g/mol. The fourth-order valence-corrected chi connectivity index (χ4v) is 4.01. The van der Waals surface area contributed by atoms with Crippen LogP contribution < -0.4 is 0 Å². The van der Waals surface area contributed by atoms with Crippen molar-refractivity contribution in [2.75, 3.05) is 46.6 Å². The van der Waals surface area contributed by atoms with Gasteiger partial charge < -0.3 is 24.6 Å². The summed E-state index contributed by atoms with van der Waals surface area (Å²) in [6.45, 7) is 7.70. The fraction of sp³-hybridized carbons (Fsp3) is 1.00. The summed E-state index contributed by atoms with van der Waals surface area (Å²) in [4.78, 5) is 1.95. The van der Waals surface area contributed by atoms with E-state index in [9.17, 15) is 10.2 Å². The topological polar surface area (TPSA) is 62.2 Å². The van der Waals surface area contributed by atoms with Crippen LogP contribution in [0.4, 0.5) is 0 Å². The minimum absolute atomic E-state index is 0.367. The Labute approximate surface area is 200 Å². The number of nitrogens with zero attached hydrogens (tertiary/aromatic N) is 1. The van der Waals surface area contributed by atoms with Crippen molar-refractivity contribution in [3.05, 3.63) is 0 Å². The molecule has 0 amide bonds. The summed E-state index contributed by atoms with van der Waals surface area (Å²) < 4.78 is 11.2. The summed E-state index contributed by atoms with van der Waals surface area (Å²) in [5.74, 6) is 0. The largest absolute Gasteiger partial charge is 0.389 e. The van der Waals surface area contributed by atoms with Gasteiger partial charge in [0.15, 0.2) is 0 Å². The van der Waals surface area contributed by atoms with Crippen LogP contribution in [0.2, 0.25) is 0 Å². The summed E-state index contributed by atoms with van der Waals surface area (Å²) in [6.07, 6.45) is 19.6. The first kappa shape index (κ1) is 31.8. The second-order valence-corrected chi connectivity index (χ2v) is 9.63. The number of rotatable bonds is 26. The molecule has 0 aliphatic rings. The third kappa shape index (κ3) is 24.4. The Balaban J connectivity index is 3.44. The number of likely N-dealkylation sites (N-methyl/N-ethyl adjacent to an activating group) is 1. The van der Waals surface area contributed by atoms with Crippen LogP contribution in [0, 0.1) is 0 Å². The second kappa shape index (κ2) is 25.4. The molecule has 2 atom stereocenters. The standard InChI is InChI=1S/C27H57NO4/c1-4-6-8-10-12-14-16-18-20-31-24-26(29)22-28(3)23-27(30)25-32-21-19-17-15-13-11-9-7-5-2/h26-27,29-30H,4-25H2,1-3H3. The minimum Gasteiger partial charge on any atom is -0.389 e. The van der Waals surface area contributed by atoms with Crippen LogP contribution in [-0.4, -0.2) is 73.9 Å². The van der Waals surface area contributed by atoms with E-state index in [0.29, 0.717) is 26.3 Å². The Morgan fingerprint density at radius 3 is 1.19 bits per heavy atom. The molecule has 0 saturated heterocycles. The zero-order valence-corrected chi connectivity index (χ0v) is 21.9. The molecular weight excluding hydrogens is 402 g/mol. The predicted octanol–water partition coefficient (Wildman–Crippen LogP) is 5.95. The van der Waals surface area contributed by atoms with Gasteiger partial charge in [-0.2, -0.15) is 0 Å². The van der Waals surface area contributed by atoms with E-state index in [0.717, 1.165) is 26.1 Å². The molecule has 5 heteroatoms. The van der Waals surface area contributed by atoms with Crippen molar-refractivity contribution in [1.82, 2.24) is 4.90 Å². The number of hydrogen-bond donors (Lipinski definition) is 2. The van der Waals surface area contributed by atoms with E-state index in [1.54, 1.807) is 0 Å². The Kier molecular flexibility index (Phi) is 25.3. The van der Waals surface area contributed by atoms with Gasteiger partial charge in [0.05, 0.1) is 25.4 Å². The molecule has 5 nitrogen and oxygen atoms in total. The van der Waals surface area contributed by atoms with Gasteiger partial charge in [-0.3, -0.25) is 0 Å². The summed E-state index contributed by atoms with van der Waals surface area (Å²) >= 11 is 0. The van der Waals surface area contributed by atoms with Gasteiger partial charge in [-0.15, -0.1) is 0 Å². The summed E-state index contributed by atoms with van der Waals surface area (Å²) in [6, 6.07) is 0. The van der Waals surface area contributed by atoms with E-state index in [1.165, 1.54) is 89.9 Å². The van der Waals surface area contributed by atoms with Crippen LogP contribution in [-0.2, 0) is 9.47 Å². The third-order valence-corrected chi connectivity index (χ3v) is 5.95. The second-order valence-electron chi connectivity index (χ2n) is 9.63. The number of aliphatic hydroxyl groups is 2. The van der Waals surface area contributed by atoms with Gasteiger partial charge in [-0.1, -0.05) is 104 Å². The normalized spacial score (nSPS) is 13.7. The molecule has 194 valence electrons. The SMILES string of the molecule is CCCCCCCCCCOCC(O)CN(C)CC(O)COCCCCCCCCCC. The van der Waals surface area contributed by atoms with E-state index in [4.69, 9.17) is 9.47 Å². The van der Waals surface area contributed by atoms with Crippen molar-refractivity contribution >= 4 is 0 Å². The van der Waals surface area contributed by atoms with Crippen LogP contribution in [0.15, 0.2) is 0 Å². The van der Waals surface area contributed by atoms with Crippen LogP contribution in [0.5, 0.6) is 0 Å². The molecule has 0 spiro atoms. The minimum atomic E-state index is -0.514. The van der Waals surface area contributed by atoms with Crippen molar-refractivity contribution in [3.8, 4) is 0 Å². The Morgan fingerprint density at radius 1 is 0.531 bits per heavy atom. The highest BCUT2D eigenvalue weighted by atomic mass is 16.5. The Bertz CT molecular complexity index is 325. The van der Waals surface area contributed by atoms with Gasteiger partial charge in [-0.05, 0) is 19.9 Å². The maximum Gasteiger partial charge on any atom is 0.0900 e. The van der Waals surface area contributed by atoms with E-state index < -0.39 is 12.2 Å². The maximum absolute atomic E-state index is 10.1. The molecule has 0 rings (SSSR count). The van der Waals surface area contributed by atoms with Crippen molar-refractivity contribution in [2.45, 2.75) is 129 Å². The van der Waals surface area contributed by atoms with Crippen molar-refractivity contribution in [3.63, 3.8) is 0 Å². The lowest BCUT2D eigenvalue weighted by atomic mass is 10.1. The molecule has 2 unspecified atom stereocenters. The zero-order chi connectivity index (χ0) is 23.7. The molecule has 0 aromatic rings. The molecule has 0 bridgehead atoms. The lowest BCUT2D eigenvalue weighted by Gasteiger charge is -2.23. The molecule has 0 radical (unpaired) electrons. The predicted molar refractivity (Wildman–Crippen MR) is 136 cm³/mol. The van der Waals surface area contributed by atoms with Gasteiger partial charge >= 0.3 is 0 Å². The first-order chi connectivity index (χ1) is 15.6. The molecule has 0 saturated carbocycles. The van der Waals surface area contributed by atoms with Gasteiger partial charge in [0.1, 0.15) is 0 Å². The number of ether oxygens (including phenoxy) is 2. The molecule has 0 heterocycles. The van der Waals surface area contributed by atoms with E-state index in [2.05, 4.69) is 13.8 Å². The third-order valence-electron chi connectivity index (χ3n) is 5.95. The van der Waals surface area contributed by atoms with E-state index in [1.807, 2.05) is 11.9 Å². The molecule has 0 aliphatic heterocycles. The lowest BCUT2D eigenvalue weighted by Crippen LogP contribution is -2.38. The first-order valence-corrected chi connectivity index (χ1v) is 13.8.